The Morgan fingerprint density at radius 2 is 0.661 bits per heavy atom. The molecule has 2 heteroatoms. The average molecular weight is 791 g/mol. The Morgan fingerprint density at radius 3 is 1.27 bits per heavy atom. The molecule has 62 heavy (non-hydrogen) atoms. The molecular formula is C60H42N2. The maximum atomic E-state index is 2.51. The first-order chi connectivity index (χ1) is 30.8. The largest absolute Gasteiger partial charge is 0.310 e. The molecule has 0 atom stereocenters. The Hall–Kier alpha value is -8.20. The predicted molar refractivity (Wildman–Crippen MR) is 263 cm³/mol. The highest BCUT2D eigenvalue weighted by molar-refractivity contribution is 6.12. The summed E-state index contributed by atoms with van der Waals surface area (Å²) in [5.41, 5.74) is 18.5. The van der Waals surface area contributed by atoms with Crippen LogP contribution in [0.2, 0.25) is 0 Å². The number of rotatable bonds is 9. The number of benzene rings is 10. The van der Waals surface area contributed by atoms with Crippen molar-refractivity contribution in [3.05, 3.63) is 255 Å². The maximum Gasteiger partial charge on any atom is 0.0618 e. The molecule has 0 aliphatic rings. The molecule has 0 radical (unpaired) electrons. The summed E-state index contributed by atoms with van der Waals surface area (Å²) < 4.78 is 2.51. The lowest BCUT2D eigenvalue weighted by Gasteiger charge is -2.28. The van der Waals surface area contributed by atoms with Gasteiger partial charge in [-0.15, -0.1) is 0 Å². The number of para-hydroxylation sites is 3. The summed E-state index contributed by atoms with van der Waals surface area (Å²) in [6, 6.07) is 92.1. The van der Waals surface area contributed by atoms with Gasteiger partial charge in [0.2, 0.25) is 0 Å². The maximum absolute atomic E-state index is 2.51. The van der Waals surface area contributed by atoms with E-state index in [4.69, 9.17) is 0 Å². The Labute approximate surface area is 362 Å². The van der Waals surface area contributed by atoms with Gasteiger partial charge in [-0.1, -0.05) is 218 Å². The van der Waals surface area contributed by atoms with Crippen molar-refractivity contribution in [1.82, 2.24) is 4.57 Å². The van der Waals surface area contributed by atoms with E-state index in [0.717, 1.165) is 44.9 Å². The smallest absolute Gasteiger partial charge is 0.0618 e. The molecule has 2 nitrogen and oxygen atoms in total. The first kappa shape index (κ1) is 36.8. The molecule has 0 saturated heterocycles. The van der Waals surface area contributed by atoms with Gasteiger partial charge in [0, 0.05) is 38.8 Å². The molecule has 0 amide bonds. The van der Waals surface area contributed by atoms with E-state index in [0.29, 0.717) is 0 Å². The third kappa shape index (κ3) is 6.74. The van der Waals surface area contributed by atoms with E-state index in [9.17, 15) is 0 Å². The molecule has 0 unspecified atom stereocenters. The zero-order chi connectivity index (χ0) is 41.2. The number of hydrogen-bond acceptors (Lipinski definition) is 1. The van der Waals surface area contributed by atoms with E-state index in [1.54, 1.807) is 0 Å². The van der Waals surface area contributed by atoms with Crippen LogP contribution in [0.5, 0.6) is 0 Å². The second-order valence-corrected chi connectivity index (χ2v) is 15.7. The van der Waals surface area contributed by atoms with Crippen LogP contribution in [0.1, 0.15) is 0 Å². The van der Waals surface area contributed by atoms with E-state index in [-0.39, 0.29) is 0 Å². The minimum absolute atomic E-state index is 1.07. The quantitative estimate of drug-likeness (QED) is 0.141. The van der Waals surface area contributed by atoms with Crippen LogP contribution in [0.3, 0.4) is 0 Å². The highest BCUT2D eigenvalue weighted by Crippen LogP contribution is 2.46. The van der Waals surface area contributed by atoms with Crippen molar-refractivity contribution in [3.63, 3.8) is 0 Å². The van der Waals surface area contributed by atoms with E-state index >= 15 is 0 Å². The van der Waals surface area contributed by atoms with E-state index < -0.39 is 0 Å². The van der Waals surface area contributed by atoms with Gasteiger partial charge in [0.25, 0.3) is 0 Å². The minimum atomic E-state index is 1.07. The highest BCUT2D eigenvalue weighted by atomic mass is 15.1. The lowest BCUT2D eigenvalue weighted by Crippen LogP contribution is -2.11. The van der Waals surface area contributed by atoms with Crippen LogP contribution >= 0.6 is 0 Å². The lowest BCUT2D eigenvalue weighted by atomic mass is 9.94. The Morgan fingerprint density at radius 1 is 0.258 bits per heavy atom. The van der Waals surface area contributed by atoms with Crippen molar-refractivity contribution in [2.45, 2.75) is 0 Å². The fourth-order valence-electron chi connectivity index (χ4n) is 9.07. The van der Waals surface area contributed by atoms with Crippen LogP contribution in [0.25, 0.3) is 83.1 Å². The second kappa shape index (κ2) is 16.1. The van der Waals surface area contributed by atoms with E-state index in [2.05, 4.69) is 264 Å². The van der Waals surface area contributed by atoms with Gasteiger partial charge in [-0.2, -0.15) is 0 Å². The Bertz CT molecular complexity index is 3300. The van der Waals surface area contributed by atoms with Gasteiger partial charge in [0.1, 0.15) is 0 Å². The van der Waals surface area contributed by atoms with Gasteiger partial charge in [-0.3, -0.25) is 0 Å². The summed E-state index contributed by atoms with van der Waals surface area (Å²) in [6.07, 6.45) is 0. The Balaban J connectivity index is 1.16. The van der Waals surface area contributed by atoms with E-state index in [1.165, 1.54) is 55.3 Å². The summed E-state index contributed by atoms with van der Waals surface area (Å²) in [6.45, 7) is 0. The van der Waals surface area contributed by atoms with Crippen molar-refractivity contribution >= 4 is 38.9 Å². The summed E-state index contributed by atoms with van der Waals surface area (Å²) in [5.74, 6) is 0. The summed E-state index contributed by atoms with van der Waals surface area (Å²) in [4.78, 5) is 2.42. The molecule has 0 fully saturated rings. The molecule has 1 heterocycles. The monoisotopic (exact) mass is 790 g/mol. The Kier molecular flexibility index (Phi) is 9.57. The van der Waals surface area contributed by atoms with Crippen LogP contribution in [-0.4, -0.2) is 4.57 Å². The van der Waals surface area contributed by atoms with Gasteiger partial charge >= 0.3 is 0 Å². The molecule has 0 bridgehead atoms. The third-order valence-electron chi connectivity index (χ3n) is 12.0. The number of fused-ring (bicyclic) bond motifs is 3. The fraction of sp³-hybridized carbons (Fsp3) is 0. The average Bonchev–Trinajstić information content (AvgIpc) is 3.68. The van der Waals surface area contributed by atoms with Crippen molar-refractivity contribution in [1.29, 1.82) is 0 Å². The van der Waals surface area contributed by atoms with Crippen molar-refractivity contribution in [2.75, 3.05) is 4.90 Å². The van der Waals surface area contributed by atoms with Crippen LogP contribution < -0.4 is 4.90 Å². The summed E-state index contributed by atoms with van der Waals surface area (Å²) in [5, 5.41) is 2.42. The number of aromatic nitrogens is 1. The number of nitrogens with zero attached hydrogens (tertiary/aromatic N) is 2. The van der Waals surface area contributed by atoms with Gasteiger partial charge in [0.15, 0.2) is 0 Å². The highest BCUT2D eigenvalue weighted by Gasteiger charge is 2.23. The zero-order valence-corrected chi connectivity index (χ0v) is 34.1. The first-order valence-electron chi connectivity index (χ1n) is 21.3. The molecule has 0 saturated carbocycles. The summed E-state index contributed by atoms with van der Waals surface area (Å²) >= 11 is 0. The SMILES string of the molecule is c1ccc(-c2ccc(-c3cccc(-c4ccccc4)c3-n3c4ccccc4c4ccc(N(c5ccc(-c6ccccc6)cc5)c5ccccc5-c5ccccc5)cc43)cc2)cc1. The second-order valence-electron chi connectivity index (χ2n) is 15.7. The molecule has 11 rings (SSSR count). The molecule has 292 valence electrons. The van der Waals surface area contributed by atoms with Gasteiger partial charge < -0.3 is 9.47 Å². The molecule has 0 spiro atoms. The molecular weight excluding hydrogens is 749 g/mol. The van der Waals surface area contributed by atoms with Crippen LogP contribution in [0, 0.1) is 0 Å². The summed E-state index contributed by atoms with van der Waals surface area (Å²) in [7, 11) is 0. The molecule has 0 N–H and O–H groups in total. The van der Waals surface area contributed by atoms with Gasteiger partial charge in [-0.25, -0.2) is 0 Å². The molecule has 0 aliphatic carbocycles. The first-order valence-corrected chi connectivity index (χ1v) is 21.3. The van der Waals surface area contributed by atoms with Crippen molar-refractivity contribution < 1.29 is 0 Å². The molecule has 11 aromatic rings. The predicted octanol–water partition coefficient (Wildman–Crippen LogP) is 16.6. The standard InChI is InChI=1S/C60H42N2/c1-5-18-43(19-6-1)45-32-34-49(35-33-45)54-29-17-28-53(48-24-11-4-12-25-48)60(54)62-58-31-16-14-27-55(58)56-41-40-51(42-59(56)62)61(50-38-36-46(37-39-50)44-20-7-2-8-21-44)57-30-15-13-26-52(57)47-22-9-3-10-23-47/h1-42H. The molecule has 10 aromatic carbocycles. The third-order valence-corrected chi connectivity index (χ3v) is 12.0. The van der Waals surface area contributed by atoms with Crippen LogP contribution in [-0.2, 0) is 0 Å². The fourth-order valence-corrected chi connectivity index (χ4v) is 9.07. The van der Waals surface area contributed by atoms with Gasteiger partial charge in [-0.05, 0) is 75.3 Å². The molecule has 0 aliphatic heterocycles. The number of hydrogen-bond donors (Lipinski definition) is 0. The van der Waals surface area contributed by atoms with Crippen molar-refractivity contribution in [2.24, 2.45) is 0 Å². The minimum Gasteiger partial charge on any atom is -0.310 e. The van der Waals surface area contributed by atoms with Crippen molar-refractivity contribution in [3.8, 4) is 61.3 Å². The number of anilines is 3. The molecule has 1 aromatic heterocycles. The zero-order valence-electron chi connectivity index (χ0n) is 34.1. The van der Waals surface area contributed by atoms with Crippen LogP contribution in [0.4, 0.5) is 17.1 Å². The normalized spacial score (nSPS) is 11.2. The van der Waals surface area contributed by atoms with Crippen LogP contribution in [0.15, 0.2) is 255 Å². The lowest BCUT2D eigenvalue weighted by molar-refractivity contribution is 1.18. The van der Waals surface area contributed by atoms with Gasteiger partial charge in [0.05, 0.1) is 22.4 Å². The topological polar surface area (TPSA) is 8.17 Å². The van der Waals surface area contributed by atoms with E-state index in [1.807, 2.05) is 0 Å².